The third kappa shape index (κ3) is 4.11. The molecule has 0 radical (unpaired) electrons. The highest BCUT2D eigenvalue weighted by Crippen LogP contribution is 2.36. The van der Waals surface area contributed by atoms with Crippen LogP contribution in [0.25, 0.3) is 0 Å². The average Bonchev–Trinajstić information content (AvgIpc) is 2.34. The quantitative estimate of drug-likeness (QED) is 0.599. The second-order valence-electron chi connectivity index (χ2n) is 5.48. The Hall–Kier alpha value is -1.78. The third-order valence-electron chi connectivity index (χ3n) is 3.13. The molecule has 5 heteroatoms. The Morgan fingerprint density at radius 2 is 1.95 bits per heavy atom. The van der Waals surface area contributed by atoms with Crippen molar-refractivity contribution in [1.82, 2.24) is 0 Å². The SMILES string of the molecule is CCC(Nc1cccc(OC(C)C)c1[N+](=O)[O-])C(C)C. The van der Waals surface area contributed by atoms with Crippen molar-refractivity contribution in [3.8, 4) is 5.75 Å². The Bertz CT molecular complexity index is 458. The van der Waals surface area contributed by atoms with Gasteiger partial charge in [0, 0.05) is 6.04 Å². The van der Waals surface area contributed by atoms with Crippen LogP contribution in [0.2, 0.25) is 0 Å². The van der Waals surface area contributed by atoms with E-state index in [1.165, 1.54) is 0 Å². The van der Waals surface area contributed by atoms with E-state index in [1.807, 2.05) is 13.8 Å². The molecule has 0 aliphatic rings. The Labute approximate surface area is 120 Å². The minimum atomic E-state index is -0.382. The summed E-state index contributed by atoms with van der Waals surface area (Å²) < 4.78 is 5.54. The van der Waals surface area contributed by atoms with Crippen LogP contribution in [0.15, 0.2) is 18.2 Å². The molecule has 20 heavy (non-hydrogen) atoms. The van der Waals surface area contributed by atoms with Crippen molar-refractivity contribution >= 4 is 11.4 Å². The molecular weight excluding hydrogens is 256 g/mol. The van der Waals surface area contributed by atoms with Crippen LogP contribution >= 0.6 is 0 Å². The number of nitrogens with zero attached hydrogens (tertiary/aromatic N) is 1. The van der Waals surface area contributed by atoms with Crippen LogP contribution in [0.1, 0.15) is 41.0 Å². The lowest BCUT2D eigenvalue weighted by Crippen LogP contribution is -2.25. The van der Waals surface area contributed by atoms with E-state index >= 15 is 0 Å². The Morgan fingerprint density at radius 3 is 2.40 bits per heavy atom. The van der Waals surface area contributed by atoms with Crippen LogP contribution < -0.4 is 10.1 Å². The lowest BCUT2D eigenvalue weighted by molar-refractivity contribution is -0.385. The minimum absolute atomic E-state index is 0.0142. The van der Waals surface area contributed by atoms with Gasteiger partial charge in [-0.15, -0.1) is 0 Å². The maximum Gasteiger partial charge on any atom is 0.333 e. The lowest BCUT2D eigenvalue weighted by atomic mass is 10.0. The number of nitro groups is 1. The molecule has 1 aromatic carbocycles. The molecule has 1 rings (SSSR count). The van der Waals surface area contributed by atoms with E-state index in [4.69, 9.17) is 4.74 Å². The van der Waals surface area contributed by atoms with E-state index in [0.29, 0.717) is 17.4 Å². The molecule has 0 saturated heterocycles. The summed E-state index contributed by atoms with van der Waals surface area (Å²) in [6.45, 7) is 9.97. The van der Waals surface area contributed by atoms with E-state index in [9.17, 15) is 10.1 Å². The first-order valence-corrected chi connectivity index (χ1v) is 7.07. The maximum atomic E-state index is 11.3. The second kappa shape index (κ2) is 7.12. The smallest absolute Gasteiger partial charge is 0.333 e. The summed E-state index contributed by atoms with van der Waals surface area (Å²) in [4.78, 5) is 11.0. The van der Waals surface area contributed by atoms with Gasteiger partial charge in [0.05, 0.1) is 11.0 Å². The number of hydrogen-bond donors (Lipinski definition) is 1. The molecule has 0 spiro atoms. The van der Waals surface area contributed by atoms with Crippen molar-refractivity contribution in [2.45, 2.75) is 53.2 Å². The molecule has 1 N–H and O–H groups in total. The topological polar surface area (TPSA) is 64.4 Å². The van der Waals surface area contributed by atoms with Crippen LogP contribution in [0.3, 0.4) is 0 Å². The zero-order valence-electron chi connectivity index (χ0n) is 12.8. The standard InChI is InChI=1S/C15H24N2O3/c1-6-12(10(2)3)16-13-8-7-9-14(20-11(4)5)15(13)17(18)19/h7-12,16H,6H2,1-5H3. The van der Waals surface area contributed by atoms with E-state index in [-0.39, 0.29) is 22.8 Å². The van der Waals surface area contributed by atoms with Gasteiger partial charge in [0.25, 0.3) is 0 Å². The van der Waals surface area contributed by atoms with Gasteiger partial charge in [-0.1, -0.05) is 26.8 Å². The predicted molar refractivity (Wildman–Crippen MR) is 81.4 cm³/mol. The molecule has 0 aromatic heterocycles. The number of nitrogens with one attached hydrogen (secondary N) is 1. The molecule has 1 unspecified atom stereocenters. The maximum absolute atomic E-state index is 11.3. The molecule has 0 aliphatic heterocycles. The van der Waals surface area contributed by atoms with Gasteiger partial charge in [0.15, 0.2) is 5.75 Å². The van der Waals surface area contributed by atoms with E-state index < -0.39 is 0 Å². The molecule has 0 heterocycles. The van der Waals surface area contributed by atoms with Crippen molar-refractivity contribution in [2.75, 3.05) is 5.32 Å². The fourth-order valence-electron chi connectivity index (χ4n) is 2.12. The molecule has 0 saturated carbocycles. The van der Waals surface area contributed by atoms with E-state index in [1.54, 1.807) is 18.2 Å². The summed E-state index contributed by atoms with van der Waals surface area (Å²) in [5.74, 6) is 0.711. The molecule has 1 aromatic rings. The van der Waals surface area contributed by atoms with Crippen molar-refractivity contribution < 1.29 is 9.66 Å². The number of nitro benzene ring substituents is 1. The molecule has 0 bridgehead atoms. The summed E-state index contributed by atoms with van der Waals surface area (Å²) in [5.41, 5.74) is 0.536. The molecule has 1 atom stereocenters. The highest BCUT2D eigenvalue weighted by Gasteiger charge is 2.24. The number of hydrogen-bond acceptors (Lipinski definition) is 4. The first kappa shape index (κ1) is 16.3. The van der Waals surface area contributed by atoms with Crippen molar-refractivity contribution in [2.24, 2.45) is 5.92 Å². The summed E-state index contributed by atoms with van der Waals surface area (Å²) in [6, 6.07) is 5.35. The number of para-hydroxylation sites is 1. The number of anilines is 1. The monoisotopic (exact) mass is 280 g/mol. The van der Waals surface area contributed by atoms with Gasteiger partial charge in [-0.25, -0.2) is 0 Å². The highest BCUT2D eigenvalue weighted by molar-refractivity contribution is 5.68. The Kier molecular flexibility index (Phi) is 5.80. The fraction of sp³-hybridized carbons (Fsp3) is 0.600. The zero-order chi connectivity index (χ0) is 15.3. The van der Waals surface area contributed by atoms with Crippen LogP contribution in [-0.2, 0) is 0 Å². The Morgan fingerprint density at radius 1 is 1.30 bits per heavy atom. The lowest BCUT2D eigenvalue weighted by Gasteiger charge is -2.22. The molecule has 0 amide bonds. The molecular formula is C15H24N2O3. The normalized spacial score (nSPS) is 12.6. The van der Waals surface area contributed by atoms with Crippen molar-refractivity contribution in [3.05, 3.63) is 28.3 Å². The highest BCUT2D eigenvalue weighted by atomic mass is 16.6. The molecule has 0 aliphatic carbocycles. The van der Waals surface area contributed by atoms with Gasteiger partial charge in [0.2, 0.25) is 0 Å². The van der Waals surface area contributed by atoms with Crippen molar-refractivity contribution in [1.29, 1.82) is 0 Å². The molecule has 112 valence electrons. The van der Waals surface area contributed by atoms with Gasteiger partial charge in [0.1, 0.15) is 5.69 Å². The summed E-state index contributed by atoms with van der Waals surface area (Å²) in [7, 11) is 0. The van der Waals surface area contributed by atoms with Gasteiger partial charge in [-0.3, -0.25) is 10.1 Å². The summed E-state index contributed by atoms with van der Waals surface area (Å²) >= 11 is 0. The fourth-order valence-corrected chi connectivity index (χ4v) is 2.12. The largest absolute Gasteiger partial charge is 0.484 e. The van der Waals surface area contributed by atoms with Crippen molar-refractivity contribution in [3.63, 3.8) is 0 Å². The number of benzene rings is 1. The van der Waals surface area contributed by atoms with Gasteiger partial charge < -0.3 is 10.1 Å². The first-order chi connectivity index (χ1) is 9.36. The van der Waals surface area contributed by atoms with E-state index in [2.05, 4.69) is 26.1 Å². The van der Waals surface area contributed by atoms with Crippen LogP contribution in [0, 0.1) is 16.0 Å². The van der Waals surface area contributed by atoms with Crippen LogP contribution in [0.5, 0.6) is 5.75 Å². The Balaban J connectivity index is 3.15. The van der Waals surface area contributed by atoms with E-state index in [0.717, 1.165) is 6.42 Å². The van der Waals surface area contributed by atoms with Crippen LogP contribution in [0.4, 0.5) is 11.4 Å². The van der Waals surface area contributed by atoms with Gasteiger partial charge in [-0.05, 0) is 38.3 Å². The molecule has 5 nitrogen and oxygen atoms in total. The summed E-state index contributed by atoms with van der Waals surface area (Å²) in [5, 5.41) is 14.6. The van der Waals surface area contributed by atoms with Crippen LogP contribution in [-0.4, -0.2) is 17.1 Å². The zero-order valence-corrected chi connectivity index (χ0v) is 12.8. The average molecular weight is 280 g/mol. The van der Waals surface area contributed by atoms with Gasteiger partial charge in [-0.2, -0.15) is 0 Å². The minimum Gasteiger partial charge on any atom is -0.484 e. The summed E-state index contributed by atoms with van der Waals surface area (Å²) in [6.07, 6.45) is 0.806. The second-order valence-corrected chi connectivity index (χ2v) is 5.48. The number of rotatable bonds is 7. The molecule has 0 fully saturated rings. The number of ether oxygens (including phenoxy) is 1. The third-order valence-corrected chi connectivity index (χ3v) is 3.13. The first-order valence-electron chi connectivity index (χ1n) is 7.07. The van der Waals surface area contributed by atoms with Gasteiger partial charge >= 0.3 is 5.69 Å². The predicted octanol–water partition coefficient (Wildman–Crippen LogP) is 4.23.